The maximum absolute atomic E-state index is 12.0. The fourth-order valence-corrected chi connectivity index (χ4v) is 2.66. The van der Waals surface area contributed by atoms with Crippen molar-refractivity contribution < 1.29 is 4.79 Å². The lowest BCUT2D eigenvalue weighted by Crippen LogP contribution is -2.39. The Kier molecular flexibility index (Phi) is 5.47. The van der Waals surface area contributed by atoms with Gasteiger partial charge in [0.25, 0.3) is 5.91 Å². The molecule has 17 heavy (non-hydrogen) atoms. The van der Waals surface area contributed by atoms with E-state index in [2.05, 4.69) is 35.1 Å². The largest absolute Gasteiger partial charge is 0.348 e. The van der Waals surface area contributed by atoms with Crippen LogP contribution in [0.15, 0.2) is 18.2 Å². The van der Waals surface area contributed by atoms with Crippen molar-refractivity contribution in [2.75, 3.05) is 5.33 Å². The summed E-state index contributed by atoms with van der Waals surface area (Å²) in [4.78, 5) is 12.0. The van der Waals surface area contributed by atoms with E-state index in [0.29, 0.717) is 16.5 Å². The molecule has 2 nitrogen and oxygen atoms in total. The van der Waals surface area contributed by atoms with E-state index in [0.717, 1.165) is 10.9 Å². The maximum Gasteiger partial charge on any atom is 0.253 e. The number of hydrogen-bond acceptors (Lipinski definition) is 1. The number of halogens is 2. The molecule has 1 N–H and O–H groups in total. The van der Waals surface area contributed by atoms with Gasteiger partial charge in [-0.1, -0.05) is 47.4 Å². The molecule has 1 aromatic carbocycles. The third-order valence-corrected chi connectivity index (χ3v) is 3.67. The van der Waals surface area contributed by atoms with E-state index in [1.807, 2.05) is 13.0 Å². The molecule has 0 spiro atoms. The Hall–Kier alpha value is -0.540. The maximum atomic E-state index is 12.0. The zero-order chi connectivity index (χ0) is 13.0. The SMILES string of the molecule is Cc1ccc(C(=O)NC(CBr)C(C)C)c(Cl)c1. The van der Waals surface area contributed by atoms with Crippen LogP contribution >= 0.6 is 27.5 Å². The summed E-state index contributed by atoms with van der Waals surface area (Å²) in [6.45, 7) is 6.09. The quantitative estimate of drug-likeness (QED) is 0.841. The van der Waals surface area contributed by atoms with Gasteiger partial charge in [-0.15, -0.1) is 0 Å². The van der Waals surface area contributed by atoms with Crippen molar-refractivity contribution >= 4 is 33.4 Å². The number of benzene rings is 1. The van der Waals surface area contributed by atoms with E-state index < -0.39 is 0 Å². The van der Waals surface area contributed by atoms with Gasteiger partial charge in [-0.2, -0.15) is 0 Å². The molecule has 4 heteroatoms. The molecular formula is C13H17BrClNO. The molecule has 0 bridgehead atoms. The van der Waals surface area contributed by atoms with Crippen LogP contribution in [0.4, 0.5) is 0 Å². The van der Waals surface area contributed by atoms with Crippen molar-refractivity contribution in [1.82, 2.24) is 5.32 Å². The van der Waals surface area contributed by atoms with Crippen LogP contribution in [0.2, 0.25) is 5.02 Å². The monoisotopic (exact) mass is 317 g/mol. The van der Waals surface area contributed by atoms with Crippen molar-refractivity contribution in [3.8, 4) is 0 Å². The number of nitrogens with one attached hydrogen (secondary N) is 1. The topological polar surface area (TPSA) is 29.1 Å². The fraction of sp³-hybridized carbons (Fsp3) is 0.462. The molecule has 1 unspecified atom stereocenters. The molecule has 1 aromatic rings. The van der Waals surface area contributed by atoms with Crippen LogP contribution in [0.5, 0.6) is 0 Å². The van der Waals surface area contributed by atoms with Gasteiger partial charge < -0.3 is 5.32 Å². The zero-order valence-electron chi connectivity index (χ0n) is 10.3. The first-order chi connectivity index (χ1) is 7.95. The van der Waals surface area contributed by atoms with Gasteiger partial charge in [0.05, 0.1) is 10.6 Å². The Balaban J connectivity index is 2.82. The summed E-state index contributed by atoms with van der Waals surface area (Å²) >= 11 is 9.46. The Morgan fingerprint density at radius 3 is 2.59 bits per heavy atom. The van der Waals surface area contributed by atoms with E-state index >= 15 is 0 Å². The van der Waals surface area contributed by atoms with E-state index in [-0.39, 0.29) is 11.9 Å². The second-order valence-electron chi connectivity index (χ2n) is 4.46. The van der Waals surface area contributed by atoms with Crippen LogP contribution in [-0.4, -0.2) is 17.3 Å². The van der Waals surface area contributed by atoms with Crippen molar-refractivity contribution in [3.05, 3.63) is 34.3 Å². The molecule has 0 radical (unpaired) electrons. The van der Waals surface area contributed by atoms with Crippen LogP contribution in [0.3, 0.4) is 0 Å². The lowest BCUT2D eigenvalue weighted by atomic mass is 10.1. The van der Waals surface area contributed by atoms with E-state index in [1.165, 1.54) is 0 Å². The Bertz CT molecular complexity index is 406. The fourth-order valence-electron chi connectivity index (χ4n) is 1.43. The second kappa shape index (κ2) is 6.41. The predicted octanol–water partition coefficient (Wildman–Crippen LogP) is 3.80. The molecule has 0 heterocycles. The number of alkyl halides is 1. The highest BCUT2D eigenvalue weighted by molar-refractivity contribution is 9.09. The number of hydrogen-bond donors (Lipinski definition) is 1. The highest BCUT2D eigenvalue weighted by Crippen LogP contribution is 2.18. The molecule has 0 aliphatic rings. The summed E-state index contributed by atoms with van der Waals surface area (Å²) in [5, 5.41) is 4.21. The minimum absolute atomic E-state index is 0.111. The van der Waals surface area contributed by atoms with Crippen molar-refractivity contribution in [2.45, 2.75) is 26.8 Å². The predicted molar refractivity (Wildman–Crippen MR) is 76.1 cm³/mol. The van der Waals surface area contributed by atoms with Crippen molar-refractivity contribution in [1.29, 1.82) is 0 Å². The molecular weight excluding hydrogens is 302 g/mol. The van der Waals surface area contributed by atoms with Crippen LogP contribution in [0.1, 0.15) is 29.8 Å². The van der Waals surface area contributed by atoms with Crippen molar-refractivity contribution in [3.63, 3.8) is 0 Å². The van der Waals surface area contributed by atoms with Crippen LogP contribution in [-0.2, 0) is 0 Å². The average Bonchev–Trinajstić information content (AvgIpc) is 2.24. The minimum atomic E-state index is -0.117. The summed E-state index contributed by atoms with van der Waals surface area (Å²) in [6.07, 6.45) is 0. The van der Waals surface area contributed by atoms with E-state index in [1.54, 1.807) is 12.1 Å². The van der Waals surface area contributed by atoms with Gasteiger partial charge in [-0.05, 0) is 30.5 Å². The first-order valence-corrected chi connectivity index (χ1v) is 7.08. The molecule has 0 aliphatic heterocycles. The van der Waals surface area contributed by atoms with Gasteiger partial charge in [0.1, 0.15) is 0 Å². The van der Waals surface area contributed by atoms with Crippen LogP contribution < -0.4 is 5.32 Å². The second-order valence-corrected chi connectivity index (χ2v) is 5.52. The zero-order valence-corrected chi connectivity index (χ0v) is 12.6. The van der Waals surface area contributed by atoms with Gasteiger partial charge in [-0.25, -0.2) is 0 Å². The minimum Gasteiger partial charge on any atom is -0.348 e. The van der Waals surface area contributed by atoms with Gasteiger partial charge >= 0.3 is 0 Å². The molecule has 1 rings (SSSR count). The van der Waals surface area contributed by atoms with Crippen molar-refractivity contribution in [2.24, 2.45) is 5.92 Å². The Morgan fingerprint density at radius 2 is 2.12 bits per heavy atom. The van der Waals surface area contributed by atoms with E-state index in [4.69, 9.17) is 11.6 Å². The van der Waals surface area contributed by atoms with Gasteiger partial charge in [0, 0.05) is 11.4 Å². The molecule has 94 valence electrons. The first kappa shape index (κ1) is 14.5. The summed E-state index contributed by atoms with van der Waals surface area (Å²) in [5.41, 5.74) is 1.58. The highest BCUT2D eigenvalue weighted by atomic mass is 79.9. The molecule has 0 aromatic heterocycles. The number of carbonyl (C=O) groups excluding carboxylic acids is 1. The Labute approximate surface area is 116 Å². The van der Waals surface area contributed by atoms with Gasteiger partial charge in [0.15, 0.2) is 0 Å². The highest BCUT2D eigenvalue weighted by Gasteiger charge is 2.17. The third kappa shape index (κ3) is 4.00. The number of amides is 1. The number of carbonyl (C=O) groups is 1. The lowest BCUT2D eigenvalue weighted by Gasteiger charge is -2.20. The molecule has 0 aliphatic carbocycles. The molecule has 1 atom stereocenters. The summed E-state index contributed by atoms with van der Waals surface area (Å²) in [7, 11) is 0. The molecule has 0 fully saturated rings. The smallest absolute Gasteiger partial charge is 0.253 e. The summed E-state index contributed by atoms with van der Waals surface area (Å²) < 4.78 is 0. The standard InChI is InChI=1S/C13H17BrClNO/c1-8(2)12(7-14)16-13(17)10-5-4-9(3)6-11(10)15/h4-6,8,12H,7H2,1-3H3,(H,16,17). The number of aryl methyl sites for hydroxylation is 1. The van der Waals surface area contributed by atoms with E-state index in [9.17, 15) is 4.79 Å². The van der Waals surface area contributed by atoms with Gasteiger partial charge in [-0.3, -0.25) is 4.79 Å². The summed E-state index contributed by atoms with van der Waals surface area (Å²) in [5.74, 6) is 0.260. The van der Waals surface area contributed by atoms with Gasteiger partial charge in [0.2, 0.25) is 0 Å². The Morgan fingerprint density at radius 1 is 1.47 bits per heavy atom. The third-order valence-electron chi connectivity index (χ3n) is 2.66. The molecule has 1 amide bonds. The first-order valence-electron chi connectivity index (χ1n) is 5.58. The average molecular weight is 319 g/mol. The molecule has 0 saturated carbocycles. The normalized spacial score (nSPS) is 12.6. The summed E-state index contributed by atoms with van der Waals surface area (Å²) in [6, 6.07) is 5.56. The lowest BCUT2D eigenvalue weighted by molar-refractivity contribution is 0.0932. The number of rotatable bonds is 4. The van der Waals surface area contributed by atoms with Crippen LogP contribution in [0, 0.1) is 12.8 Å². The molecule has 0 saturated heterocycles. The van der Waals surface area contributed by atoms with Crippen LogP contribution in [0.25, 0.3) is 0 Å².